The minimum absolute atomic E-state index is 0.0218. The number of sulfone groups is 1. The average Bonchev–Trinajstić information content (AvgIpc) is 2.53. The molecular formula is C16H18FNO5S2. The number of ether oxygens (including phenoxy) is 1. The van der Waals surface area contributed by atoms with Crippen molar-refractivity contribution in [2.45, 2.75) is 22.8 Å². The summed E-state index contributed by atoms with van der Waals surface area (Å²) in [4.78, 5) is -0.173. The Kier molecular flexibility index (Phi) is 5.50. The summed E-state index contributed by atoms with van der Waals surface area (Å²) in [5.41, 5.74) is 0.561. The largest absolute Gasteiger partial charge is 0.495 e. The maximum absolute atomic E-state index is 13.4. The molecule has 1 atom stereocenters. The number of benzene rings is 2. The van der Waals surface area contributed by atoms with E-state index in [4.69, 9.17) is 4.74 Å². The molecular weight excluding hydrogens is 369 g/mol. The lowest BCUT2D eigenvalue weighted by atomic mass is 10.1. The first-order chi connectivity index (χ1) is 11.5. The second kappa shape index (κ2) is 7.11. The van der Waals surface area contributed by atoms with Crippen LogP contribution in [0.4, 0.5) is 4.39 Å². The molecule has 6 nitrogen and oxygen atoms in total. The summed E-state index contributed by atoms with van der Waals surface area (Å²) in [5, 5.41) is 0. The fourth-order valence-corrected chi connectivity index (χ4v) is 4.27. The standard InChI is InChI=1S/C16H18FNO5S2/c1-11(12-4-7-14(8-5-12)24(3,19)20)18-25(21,22)16-10-13(17)6-9-15(16)23-2/h4-11,18H,1-3H3/t11-/m1/s1. The summed E-state index contributed by atoms with van der Waals surface area (Å²) in [7, 11) is -6.09. The van der Waals surface area contributed by atoms with Gasteiger partial charge in [-0.2, -0.15) is 0 Å². The molecule has 0 unspecified atom stereocenters. The van der Waals surface area contributed by atoms with Gasteiger partial charge in [0.1, 0.15) is 16.5 Å². The highest BCUT2D eigenvalue weighted by Crippen LogP contribution is 2.26. The molecule has 2 aromatic rings. The smallest absolute Gasteiger partial charge is 0.244 e. The van der Waals surface area contributed by atoms with Crippen LogP contribution in [0.5, 0.6) is 5.75 Å². The van der Waals surface area contributed by atoms with Crippen LogP contribution in [0.25, 0.3) is 0 Å². The minimum atomic E-state index is -4.04. The molecule has 0 spiro atoms. The van der Waals surface area contributed by atoms with E-state index >= 15 is 0 Å². The Bertz CT molecular complexity index is 970. The molecule has 0 aromatic heterocycles. The van der Waals surface area contributed by atoms with Crippen molar-refractivity contribution < 1.29 is 26.0 Å². The summed E-state index contributed by atoms with van der Waals surface area (Å²) in [6.07, 6.45) is 1.09. The van der Waals surface area contributed by atoms with Crippen LogP contribution in [0.15, 0.2) is 52.3 Å². The van der Waals surface area contributed by atoms with Crippen LogP contribution in [0.1, 0.15) is 18.5 Å². The third kappa shape index (κ3) is 4.56. The zero-order valence-corrected chi connectivity index (χ0v) is 15.5. The van der Waals surface area contributed by atoms with E-state index in [1.807, 2.05) is 0 Å². The Hall–Kier alpha value is -1.97. The van der Waals surface area contributed by atoms with Gasteiger partial charge in [-0.15, -0.1) is 0 Å². The van der Waals surface area contributed by atoms with Crippen molar-refractivity contribution in [3.63, 3.8) is 0 Å². The van der Waals surface area contributed by atoms with E-state index in [0.717, 1.165) is 18.4 Å². The Morgan fingerprint density at radius 3 is 2.16 bits per heavy atom. The lowest BCUT2D eigenvalue weighted by Gasteiger charge is -2.16. The molecule has 0 fully saturated rings. The van der Waals surface area contributed by atoms with Crippen molar-refractivity contribution in [1.29, 1.82) is 0 Å². The molecule has 9 heteroatoms. The molecule has 0 radical (unpaired) electrons. The van der Waals surface area contributed by atoms with Crippen molar-refractivity contribution >= 4 is 19.9 Å². The predicted octanol–water partition coefficient (Wildman–Crippen LogP) is 2.28. The molecule has 0 saturated carbocycles. The molecule has 1 N–H and O–H groups in total. The Morgan fingerprint density at radius 2 is 1.64 bits per heavy atom. The van der Waals surface area contributed by atoms with Gasteiger partial charge in [0.2, 0.25) is 10.0 Å². The van der Waals surface area contributed by atoms with Gasteiger partial charge >= 0.3 is 0 Å². The quantitative estimate of drug-likeness (QED) is 0.821. The highest BCUT2D eigenvalue weighted by molar-refractivity contribution is 7.90. The van der Waals surface area contributed by atoms with E-state index in [9.17, 15) is 21.2 Å². The van der Waals surface area contributed by atoms with E-state index < -0.39 is 31.7 Å². The predicted molar refractivity (Wildman–Crippen MR) is 91.2 cm³/mol. The van der Waals surface area contributed by atoms with E-state index in [0.29, 0.717) is 5.56 Å². The van der Waals surface area contributed by atoms with Gasteiger partial charge in [-0.25, -0.2) is 25.9 Å². The molecule has 2 aromatic carbocycles. The Labute approximate surface area is 146 Å². The number of nitrogens with one attached hydrogen (secondary N) is 1. The zero-order valence-electron chi connectivity index (χ0n) is 13.9. The summed E-state index contributed by atoms with van der Waals surface area (Å²) >= 11 is 0. The SMILES string of the molecule is COc1ccc(F)cc1S(=O)(=O)N[C@H](C)c1ccc(S(C)(=O)=O)cc1. The summed E-state index contributed by atoms with van der Waals surface area (Å²) in [6.45, 7) is 1.60. The highest BCUT2D eigenvalue weighted by atomic mass is 32.2. The topological polar surface area (TPSA) is 89.5 Å². The molecule has 0 aliphatic heterocycles. The van der Waals surface area contributed by atoms with Gasteiger partial charge in [0.25, 0.3) is 0 Å². The molecule has 0 amide bonds. The summed E-state index contributed by atoms with van der Waals surface area (Å²) < 4.78 is 68.8. The molecule has 0 saturated heterocycles. The van der Waals surface area contributed by atoms with Crippen molar-refractivity contribution in [2.24, 2.45) is 0 Å². The van der Waals surface area contributed by atoms with E-state index in [2.05, 4.69) is 4.72 Å². The van der Waals surface area contributed by atoms with Crippen molar-refractivity contribution in [3.05, 3.63) is 53.8 Å². The minimum Gasteiger partial charge on any atom is -0.495 e. The normalized spacial score (nSPS) is 13.4. The fraction of sp³-hybridized carbons (Fsp3) is 0.250. The molecule has 136 valence electrons. The second-order valence-electron chi connectivity index (χ2n) is 5.48. The van der Waals surface area contributed by atoms with Gasteiger partial charge in [-0.3, -0.25) is 0 Å². The number of hydrogen-bond acceptors (Lipinski definition) is 5. The number of sulfonamides is 1. The lowest BCUT2D eigenvalue weighted by Crippen LogP contribution is -2.27. The van der Waals surface area contributed by atoms with Crippen LogP contribution in [0.2, 0.25) is 0 Å². The second-order valence-corrected chi connectivity index (χ2v) is 9.18. The Balaban J connectivity index is 2.30. The lowest BCUT2D eigenvalue weighted by molar-refractivity contribution is 0.400. The number of hydrogen-bond donors (Lipinski definition) is 1. The third-order valence-electron chi connectivity index (χ3n) is 3.56. The van der Waals surface area contributed by atoms with Crippen LogP contribution in [-0.4, -0.2) is 30.2 Å². The van der Waals surface area contributed by atoms with Crippen molar-refractivity contribution in [2.75, 3.05) is 13.4 Å². The fourth-order valence-electron chi connectivity index (χ4n) is 2.23. The summed E-state index contributed by atoms with van der Waals surface area (Å²) in [6, 6.07) is 8.39. The van der Waals surface area contributed by atoms with E-state index in [1.54, 1.807) is 6.92 Å². The number of halogens is 1. The molecule has 2 rings (SSSR count). The highest BCUT2D eigenvalue weighted by Gasteiger charge is 2.23. The first-order valence-corrected chi connectivity index (χ1v) is 10.6. The van der Waals surface area contributed by atoms with Gasteiger partial charge in [0.05, 0.1) is 12.0 Å². The van der Waals surface area contributed by atoms with Crippen molar-refractivity contribution in [1.82, 2.24) is 4.72 Å². The molecule has 0 aliphatic rings. The van der Waals surface area contributed by atoms with Crippen LogP contribution in [-0.2, 0) is 19.9 Å². The number of methoxy groups -OCH3 is 1. The van der Waals surface area contributed by atoms with Gasteiger partial charge in [0, 0.05) is 12.3 Å². The van der Waals surface area contributed by atoms with E-state index in [1.165, 1.54) is 37.4 Å². The maximum atomic E-state index is 13.4. The van der Waals surface area contributed by atoms with Crippen LogP contribution >= 0.6 is 0 Å². The maximum Gasteiger partial charge on any atom is 0.244 e. The zero-order chi connectivity index (χ0) is 18.8. The first-order valence-electron chi connectivity index (χ1n) is 7.20. The van der Waals surface area contributed by atoms with Gasteiger partial charge in [-0.05, 0) is 42.8 Å². The monoisotopic (exact) mass is 387 g/mol. The molecule has 0 heterocycles. The van der Waals surface area contributed by atoms with Gasteiger partial charge in [-0.1, -0.05) is 12.1 Å². The van der Waals surface area contributed by atoms with Crippen LogP contribution < -0.4 is 9.46 Å². The third-order valence-corrected chi connectivity index (χ3v) is 6.25. The molecule has 25 heavy (non-hydrogen) atoms. The van der Waals surface area contributed by atoms with Gasteiger partial charge < -0.3 is 4.74 Å². The van der Waals surface area contributed by atoms with Crippen molar-refractivity contribution in [3.8, 4) is 5.75 Å². The summed E-state index contributed by atoms with van der Waals surface area (Å²) in [5.74, 6) is -0.681. The number of rotatable bonds is 6. The first kappa shape index (κ1) is 19.4. The molecule has 0 aliphatic carbocycles. The van der Waals surface area contributed by atoms with Crippen LogP contribution in [0.3, 0.4) is 0 Å². The molecule has 0 bridgehead atoms. The van der Waals surface area contributed by atoms with Crippen LogP contribution in [0, 0.1) is 5.82 Å². The average molecular weight is 387 g/mol. The Morgan fingerprint density at radius 1 is 1.04 bits per heavy atom. The van der Waals surface area contributed by atoms with E-state index in [-0.39, 0.29) is 15.5 Å². The van der Waals surface area contributed by atoms with Gasteiger partial charge in [0.15, 0.2) is 9.84 Å².